The van der Waals surface area contributed by atoms with Crippen LogP contribution in [0.1, 0.15) is 33.4 Å². The molecule has 6 nitrogen and oxygen atoms in total. The number of hydrogen-bond donors (Lipinski definition) is 1. The van der Waals surface area contributed by atoms with Gasteiger partial charge in [-0.15, -0.1) is 0 Å². The van der Waals surface area contributed by atoms with E-state index >= 15 is 0 Å². The first-order valence-electron chi connectivity index (χ1n) is 14.3. The molecule has 7 rings (SSSR count). The fourth-order valence-electron chi connectivity index (χ4n) is 6.73. The van der Waals surface area contributed by atoms with E-state index in [2.05, 4.69) is 121 Å². The van der Waals surface area contributed by atoms with E-state index in [1.165, 1.54) is 11.1 Å². The Morgan fingerprint density at radius 2 is 1.19 bits per heavy atom. The third-order valence-corrected chi connectivity index (χ3v) is 8.69. The molecule has 1 unspecified atom stereocenters. The molecule has 0 saturated carbocycles. The Balaban J connectivity index is 1.61. The Kier molecular flexibility index (Phi) is 6.50. The van der Waals surface area contributed by atoms with Crippen LogP contribution in [0.5, 0.6) is 0 Å². The van der Waals surface area contributed by atoms with Crippen molar-refractivity contribution in [2.75, 3.05) is 7.05 Å². The molecule has 1 N–H and O–H groups in total. The summed E-state index contributed by atoms with van der Waals surface area (Å²) in [5.74, 6) is 0.693. The van der Waals surface area contributed by atoms with E-state index in [-0.39, 0.29) is 11.1 Å². The largest absolute Gasteiger partial charge is 0.392 e. The van der Waals surface area contributed by atoms with Crippen molar-refractivity contribution in [2.45, 2.75) is 25.0 Å². The lowest BCUT2D eigenvalue weighted by Crippen LogP contribution is -2.45. The molecule has 0 fully saturated rings. The number of aliphatic hydroxyl groups is 1. The van der Waals surface area contributed by atoms with Crippen LogP contribution in [0.15, 0.2) is 133 Å². The van der Waals surface area contributed by atoms with Gasteiger partial charge in [-0.25, -0.2) is 0 Å². The van der Waals surface area contributed by atoms with Crippen LogP contribution in [0.2, 0.25) is 0 Å². The molecule has 0 saturated heterocycles. The molecule has 6 aromatic rings. The second-order valence-corrected chi connectivity index (χ2v) is 11.0. The highest BCUT2D eigenvalue weighted by molar-refractivity contribution is 5.73. The molecule has 5 aromatic carbocycles. The summed E-state index contributed by atoms with van der Waals surface area (Å²) < 4.78 is 2.30. The molecule has 6 heteroatoms. The second kappa shape index (κ2) is 10.5. The van der Waals surface area contributed by atoms with Crippen LogP contribution < -0.4 is 4.48 Å². The summed E-state index contributed by atoms with van der Waals surface area (Å²) in [7, 11) is 2.19. The van der Waals surface area contributed by atoms with Gasteiger partial charge in [-0.3, -0.25) is 0 Å². The lowest BCUT2D eigenvalue weighted by molar-refractivity contribution is 0.281. The van der Waals surface area contributed by atoms with Gasteiger partial charge in [0.1, 0.15) is 16.9 Å². The van der Waals surface area contributed by atoms with Gasteiger partial charge >= 0.3 is 5.95 Å². The maximum absolute atomic E-state index is 9.98. The number of para-hydroxylation sites is 1. The number of nitrogens with zero attached hydrogens (tertiary/aromatic N) is 5. The molecule has 206 valence electrons. The van der Waals surface area contributed by atoms with Crippen LogP contribution in [-0.4, -0.2) is 32.4 Å². The summed E-state index contributed by atoms with van der Waals surface area (Å²) in [6.07, 6.45) is 1.74. The topological polar surface area (TPSA) is 63.8 Å². The number of quaternary nitrogens is 1. The highest BCUT2D eigenvalue weighted by Crippen LogP contribution is 2.50. The number of fused-ring (bicyclic) bond motifs is 2. The van der Waals surface area contributed by atoms with Gasteiger partial charge in [0.15, 0.2) is 0 Å². The van der Waals surface area contributed by atoms with Crippen molar-refractivity contribution >= 4 is 17.3 Å². The van der Waals surface area contributed by atoms with Crippen LogP contribution in [0.25, 0.3) is 0 Å². The first kappa shape index (κ1) is 26.0. The Labute approximate surface area is 245 Å². The van der Waals surface area contributed by atoms with Crippen molar-refractivity contribution in [3.05, 3.63) is 167 Å². The maximum Gasteiger partial charge on any atom is 0.359 e. The molecule has 1 aliphatic heterocycles. The van der Waals surface area contributed by atoms with Gasteiger partial charge in [0, 0.05) is 23.3 Å². The molecule has 42 heavy (non-hydrogen) atoms. The van der Waals surface area contributed by atoms with Crippen LogP contribution in [0.4, 0.5) is 17.3 Å². The van der Waals surface area contributed by atoms with Crippen LogP contribution in [0.3, 0.4) is 0 Å². The van der Waals surface area contributed by atoms with Gasteiger partial charge in [0.25, 0.3) is 0 Å². The van der Waals surface area contributed by atoms with Crippen LogP contribution >= 0.6 is 0 Å². The lowest BCUT2D eigenvalue weighted by atomic mass is 9.77. The Morgan fingerprint density at radius 3 is 1.79 bits per heavy atom. The third-order valence-electron chi connectivity index (χ3n) is 8.69. The number of benzene rings is 5. The van der Waals surface area contributed by atoms with E-state index in [9.17, 15) is 5.11 Å². The van der Waals surface area contributed by atoms with Crippen molar-refractivity contribution in [1.82, 2.24) is 24.7 Å². The van der Waals surface area contributed by atoms with Crippen LogP contribution in [0, 0.1) is 0 Å². The number of aryl methyl sites for hydroxylation is 2. The normalized spacial score (nSPS) is 16.3. The molecule has 0 radical (unpaired) electrons. The Morgan fingerprint density at radius 1 is 0.667 bits per heavy atom. The second-order valence-electron chi connectivity index (χ2n) is 11.0. The van der Waals surface area contributed by atoms with E-state index in [4.69, 9.17) is 10.3 Å². The predicted octanol–water partition coefficient (Wildman–Crippen LogP) is 6.70. The molecule has 0 aliphatic carbocycles. The molecule has 2 heterocycles. The standard InChI is InChI=1S/C36H32N5O/c1-41(33-20-12-11-13-28(33)22-23-29-25-27(26-42)21-24-34(29)41)35-37-38-39-40(35)36(30-14-5-2-6-15-30,31-16-7-3-8-17-31)32-18-9-4-10-19-32/h2-21,24-25,42H,22-23,26H2,1H3/q+1. The van der Waals surface area contributed by atoms with Gasteiger partial charge in [-0.2, -0.15) is 9.16 Å². The first-order chi connectivity index (χ1) is 20.7. The van der Waals surface area contributed by atoms with Crippen LogP contribution in [-0.2, 0) is 25.0 Å². The minimum atomic E-state index is -0.865. The molecule has 1 aromatic heterocycles. The number of hydrogen-bond acceptors (Lipinski definition) is 4. The summed E-state index contributed by atoms with van der Waals surface area (Å²) >= 11 is 0. The number of aromatic nitrogens is 4. The minimum Gasteiger partial charge on any atom is -0.392 e. The van der Waals surface area contributed by atoms with Gasteiger partial charge in [0.05, 0.1) is 13.7 Å². The maximum atomic E-state index is 9.98. The summed E-state index contributed by atoms with van der Waals surface area (Å²) in [6, 6.07) is 46.4. The van der Waals surface area contributed by atoms with E-state index in [0.717, 1.165) is 46.5 Å². The highest BCUT2D eigenvalue weighted by atomic mass is 16.3. The third kappa shape index (κ3) is 3.91. The zero-order chi connectivity index (χ0) is 28.6. The summed E-state index contributed by atoms with van der Waals surface area (Å²) in [4.78, 5) is 0. The quantitative estimate of drug-likeness (QED) is 0.185. The van der Waals surface area contributed by atoms with Crippen molar-refractivity contribution < 1.29 is 5.11 Å². The molecular formula is C36H32N5O+. The van der Waals surface area contributed by atoms with Gasteiger partial charge in [-0.1, -0.05) is 120 Å². The van der Waals surface area contributed by atoms with Gasteiger partial charge in [0.2, 0.25) is 0 Å². The van der Waals surface area contributed by atoms with Crippen molar-refractivity contribution in [3.8, 4) is 0 Å². The monoisotopic (exact) mass is 550 g/mol. The fraction of sp³-hybridized carbons (Fsp3) is 0.139. The highest BCUT2D eigenvalue weighted by Gasteiger charge is 2.49. The zero-order valence-electron chi connectivity index (χ0n) is 23.5. The smallest absolute Gasteiger partial charge is 0.359 e. The van der Waals surface area contributed by atoms with E-state index in [1.54, 1.807) is 0 Å². The van der Waals surface area contributed by atoms with Gasteiger partial charge in [-0.05, 0) is 51.6 Å². The van der Waals surface area contributed by atoms with E-state index < -0.39 is 5.54 Å². The zero-order valence-corrected chi connectivity index (χ0v) is 23.5. The van der Waals surface area contributed by atoms with E-state index in [1.807, 2.05) is 28.9 Å². The summed E-state index contributed by atoms with van der Waals surface area (Å²) in [5, 5.41) is 24.1. The molecule has 1 aliphatic rings. The molecule has 0 bridgehead atoms. The predicted molar refractivity (Wildman–Crippen MR) is 166 cm³/mol. The summed E-state index contributed by atoms with van der Waals surface area (Å²) in [5.41, 5.74) is 7.86. The summed E-state index contributed by atoms with van der Waals surface area (Å²) in [6.45, 7) is 0.000807. The van der Waals surface area contributed by atoms with Crippen molar-refractivity contribution in [2.24, 2.45) is 0 Å². The van der Waals surface area contributed by atoms with Crippen molar-refractivity contribution in [3.63, 3.8) is 0 Å². The Hall–Kier alpha value is -4.91. The Bertz CT molecular complexity index is 1740. The fourth-order valence-corrected chi connectivity index (χ4v) is 6.73. The van der Waals surface area contributed by atoms with Gasteiger partial charge < -0.3 is 5.11 Å². The lowest BCUT2D eigenvalue weighted by Gasteiger charge is -2.39. The molecular weight excluding hydrogens is 518 g/mol. The SMILES string of the molecule is C[N+]1(c2nnnn2C(c2ccccc2)(c2ccccc2)c2ccccc2)c2ccccc2CCc2cc(CO)ccc21. The average molecular weight is 551 g/mol. The molecule has 0 amide bonds. The molecule has 1 atom stereocenters. The first-order valence-corrected chi connectivity index (χ1v) is 14.3. The minimum absolute atomic E-state index is 0.000807. The number of rotatable bonds is 6. The number of aliphatic hydroxyl groups excluding tert-OH is 1. The van der Waals surface area contributed by atoms with E-state index in [0.29, 0.717) is 5.95 Å². The molecule has 0 spiro atoms. The van der Waals surface area contributed by atoms with Crippen molar-refractivity contribution in [1.29, 1.82) is 0 Å². The average Bonchev–Trinajstić information content (AvgIpc) is 3.52. The number of tetrazole rings is 1.